The standard InChI is InChI=1S/C23H27NO4/c1-15-11-16(2)19(17(3)12-15)20-21(25)23(4,13-18-9-7-6-8-10-18)24(22(20)26)28-14-27-5/h6-12,25H,13-14H2,1-5H3. The summed E-state index contributed by atoms with van der Waals surface area (Å²) in [4.78, 5) is 19.0. The fraction of sp³-hybridized carbons (Fsp3) is 0.348. The fourth-order valence-corrected chi connectivity index (χ4v) is 4.05. The maximum atomic E-state index is 13.3. The molecule has 2 aromatic rings. The van der Waals surface area contributed by atoms with Gasteiger partial charge >= 0.3 is 0 Å². The van der Waals surface area contributed by atoms with Crippen molar-refractivity contribution in [1.82, 2.24) is 5.06 Å². The normalized spacial score (nSPS) is 19.6. The van der Waals surface area contributed by atoms with Gasteiger partial charge < -0.3 is 9.84 Å². The molecule has 2 aromatic carbocycles. The van der Waals surface area contributed by atoms with Crippen LogP contribution in [0.15, 0.2) is 48.2 Å². The van der Waals surface area contributed by atoms with Gasteiger partial charge in [0.1, 0.15) is 11.3 Å². The van der Waals surface area contributed by atoms with E-state index in [9.17, 15) is 9.90 Å². The van der Waals surface area contributed by atoms with Crippen LogP contribution in [-0.2, 0) is 20.8 Å². The fourth-order valence-electron chi connectivity index (χ4n) is 4.05. The van der Waals surface area contributed by atoms with Crippen molar-refractivity contribution in [2.45, 2.75) is 39.7 Å². The number of aryl methyl sites for hydroxylation is 3. The van der Waals surface area contributed by atoms with Crippen LogP contribution in [-0.4, -0.2) is 35.5 Å². The Bertz CT molecular complexity index is 896. The van der Waals surface area contributed by atoms with Gasteiger partial charge in [0.15, 0.2) is 6.79 Å². The molecule has 1 unspecified atom stereocenters. The third kappa shape index (κ3) is 3.43. The highest BCUT2D eigenvalue weighted by atomic mass is 16.8. The van der Waals surface area contributed by atoms with Gasteiger partial charge in [-0.2, -0.15) is 0 Å². The van der Waals surface area contributed by atoms with Crippen LogP contribution >= 0.6 is 0 Å². The van der Waals surface area contributed by atoms with Crippen molar-refractivity contribution < 1.29 is 19.5 Å². The molecule has 0 radical (unpaired) electrons. The molecule has 1 aliphatic heterocycles. The van der Waals surface area contributed by atoms with E-state index in [0.29, 0.717) is 12.0 Å². The van der Waals surface area contributed by atoms with Gasteiger partial charge in [0.2, 0.25) is 0 Å². The molecule has 0 bridgehead atoms. The van der Waals surface area contributed by atoms with E-state index in [2.05, 4.69) is 0 Å². The zero-order valence-corrected chi connectivity index (χ0v) is 17.1. The van der Waals surface area contributed by atoms with Crippen LogP contribution in [0.5, 0.6) is 0 Å². The number of hydroxylamine groups is 2. The second kappa shape index (κ2) is 7.78. The molecular formula is C23H27NO4. The number of aliphatic hydroxyl groups is 1. The molecule has 28 heavy (non-hydrogen) atoms. The number of methoxy groups -OCH3 is 1. The lowest BCUT2D eigenvalue weighted by molar-refractivity contribution is -0.241. The first-order chi connectivity index (χ1) is 13.3. The minimum Gasteiger partial charge on any atom is -0.509 e. The highest BCUT2D eigenvalue weighted by Crippen LogP contribution is 2.42. The van der Waals surface area contributed by atoms with Crippen molar-refractivity contribution in [2.75, 3.05) is 13.9 Å². The van der Waals surface area contributed by atoms with E-state index >= 15 is 0 Å². The smallest absolute Gasteiger partial charge is 0.282 e. The molecule has 1 heterocycles. The molecule has 0 saturated carbocycles. The maximum Gasteiger partial charge on any atom is 0.282 e. The summed E-state index contributed by atoms with van der Waals surface area (Å²) in [5.74, 6) is -0.337. The van der Waals surface area contributed by atoms with Crippen molar-refractivity contribution in [1.29, 1.82) is 0 Å². The Morgan fingerprint density at radius 1 is 1.07 bits per heavy atom. The molecule has 1 aliphatic rings. The molecule has 1 N–H and O–H groups in total. The molecule has 3 rings (SSSR count). The quantitative estimate of drug-likeness (QED) is 0.760. The predicted octanol–water partition coefficient (Wildman–Crippen LogP) is 4.26. The van der Waals surface area contributed by atoms with E-state index in [-0.39, 0.29) is 18.5 Å². The molecule has 0 saturated heterocycles. The third-order valence-corrected chi connectivity index (χ3v) is 5.21. The summed E-state index contributed by atoms with van der Waals surface area (Å²) in [6, 6.07) is 13.8. The number of amides is 1. The van der Waals surface area contributed by atoms with E-state index < -0.39 is 5.54 Å². The minimum absolute atomic E-state index is 0.0208. The van der Waals surface area contributed by atoms with Crippen LogP contribution < -0.4 is 0 Å². The Morgan fingerprint density at radius 2 is 1.68 bits per heavy atom. The van der Waals surface area contributed by atoms with Gasteiger partial charge in [-0.3, -0.25) is 4.79 Å². The molecule has 5 nitrogen and oxygen atoms in total. The van der Waals surface area contributed by atoms with Gasteiger partial charge in [-0.05, 0) is 49.9 Å². The summed E-state index contributed by atoms with van der Waals surface area (Å²) in [6.07, 6.45) is 0.419. The summed E-state index contributed by atoms with van der Waals surface area (Å²) in [5, 5.41) is 12.5. The van der Waals surface area contributed by atoms with Gasteiger partial charge in [-0.1, -0.05) is 48.0 Å². The minimum atomic E-state index is -1.03. The zero-order chi connectivity index (χ0) is 20.5. The second-order valence-electron chi connectivity index (χ2n) is 7.57. The summed E-state index contributed by atoms with van der Waals surface area (Å²) < 4.78 is 5.02. The lowest BCUT2D eigenvalue weighted by atomic mass is 9.88. The van der Waals surface area contributed by atoms with Crippen molar-refractivity contribution in [3.05, 3.63) is 76.0 Å². The van der Waals surface area contributed by atoms with E-state index in [0.717, 1.165) is 27.8 Å². The first kappa shape index (κ1) is 20.1. The van der Waals surface area contributed by atoms with Gasteiger partial charge in [0, 0.05) is 13.5 Å². The number of aliphatic hydroxyl groups excluding tert-OH is 1. The SMILES string of the molecule is COCON1C(=O)C(c2c(C)cc(C)cc2C)=C(O)C1(C)Cc1ccccc1. The molecule has 1 atom stereocenters. The van der Waals surface area contributed by atoms with Crippen LogP contribution in [0.1, 0.15) is 34.7 Å². The number of ether oxygens (including phenoxy) is 1. The number of benzene rings is 2. The van der Waals surface area contributed by atoms with Crippen LogP contribution in [0.25, 0.3) is 5.57 Å². The molecule has 148 valence electrons. The van der Waals surface area contributed by atoms with Gasteiger partial charge in [-0.15, -0.1) is 0 Å². The number of nitrogens with zero attached hydrogens (tertiary/aromatic N) is 1. The predicted molar refractivity (Wildman–Crippen MR) is 109 cm³/mol. The van der Waals surface area contributed by atoms with Gasteiger partial charge in [0.05, 0.1) is 5.57 Å². The summed E-state index contributed by atoms with van der Waals surface area (Å²) in [7, 11) is 1.50. The third-order valence-electron chi connectivity index (χ3n) is 5.21. The highest BCUT2D eigenvalue weighted by Gasteiger charge is 2.51. The number of carbonyl (C=O) groups excluding carboxylic acids is 1. The van der Waals surface area contributed by atoms with Crippen LogP contribution in [0.4, 0.5) is 0 Å². The summed E-state index contributed by atoms with van der Waals surface area (Å²) in [5.41, 5.74) is 4.03. The molecule has 0 fully saturated rings. The second-order valence-corrected chi connectivity index (χ2v) is 7.57. The molecule has 0 aromatic heterocycles. The lowest BCUT2D eigenvalue weighted by Gasteiger charge is -2.34. The molecule has 0 aliphatic carbocycles. The Hall–Kier alpha value is -2.63. The Labute approximate surface area is 166 Å². The first-order valence-corrected chi connectivity index (χ1v) is 9.32. The number of hydrogen-bond acceptors (Lipinski definition) is 4. The van der Waals surface area contributed by atoms with Crippen molar-refractivity contribution in [2.24, 2.45) is 0 Å². The largest absolute Gasteiger partial charge is 0.509 e. The van der Waals surface area contributed by atoms with Gasteiger partial charge in [0.25, 0.3) is 5.91 Å². The van der Waals surface area contributed by atoms with Crippen LogP contribution in [0.2, 0.25) is 0 Å². The van der Waals surface area contributed by atoms with Crippen molar-refractivity contribution in [3.8, 4) is 0 Å². The van der Waals surface area contributed by atoms with E-state index in [4.69, 9.17) is 9.57 Å². The van der Waals surface area contributed by atoms with Crippen LogP contribution in [0.3, 0.4) is 0 Å². The lowest BCUT2D eigenvalue weighted by Crippen LogP contribution is -2.48. The summed E-state index contributed by atoms with van der Waals surface area (Å²) >= 11 is 0. The number of rotatable bonds is 6. The van der Waals surface area contributed by atoms with Crippen molar-refractivity contribution in [3.63, 3.8) is 0 Å². The topological polar surface area (TPSA) is 59.0 Å². The van der Waals surface area contributed by atoms with E-state index in [1.165, 1.54) is 12.2 Å². The Balaban J connectivity index is 2.14. The monoisotopic (exact) mass is 381 g/mol. The number of hydrogen-bond donors (Lipinski definition) is 1. The Kier molecular flexibility index (Phi) is 5.59. The highest BCUT2D eigenvalue weighted by molar-refractivity contribution is 6.23. The summed E-state index contributed by atoms with van der Waals surface area (Å²) in [6.45, 7) is 7.66. The zero-order valence-electron chi connectivity index (χ0n) is 17.1. The van der Waals surface area contributed by atoms with E-state index in [1.54, 1.807) is 0 Å². The van der Waals surface area contributed by atoms with E-state index in [1.807, 2.05) is 70.2 Å². The average molecular weight is 381 g/mol. The van der Waals surface area contributed by atoms with Gasteiger partial charge in [-0.25, -0.2) is 9.90 Å². The molecular weight excluding hydrogens is 354 g/mol. The first-order valence-electron chi connectivity index (χ1n) is 9.32. The van der Waals surface area contributed by atoms with Crippen LogP contribution in [0, 0.1) is 20.8 Å². The van der Waals surface area contributed by atoms with Crippen molar-refractivity contribution >= 4 is 11.5 Å². The molecule has 5 heteroatoms. The Morgan fingerprint density at radius 3 is 2.25 bits per heavy atom. The molecule has 0 spiro atoms. The molecule has 1 amide bonds. The number of carbonyl (C=O) groups is 1. The maximum absolute atomic E-state index is 13.3. The average Bonchev–Trinajstić information content (AvgIpc) is 2.81.